The molecule has 2 N–H and O–H groups in total. The van der Waals surface area contributed by atoms with Crippen molar-refractivity contribution in [2.24, 2.45) is 0 Å². The minimum absolute atomic E-state index is 0.148. The summed E-state index contributed by atoms with van der Waals surface area (Å²) in [5, 5.41) is 18.1. The van der Waals surface area contributed by atoms with Crippen LogP contribution in [-0.4, -0.2) is 27.6 Å². The Labute approximate surface area is 116 Å². The third-order valence-corrected chi connectivity index (χ3v) is 3.47. The standard InChI is InChI=1S/C15H28O4/c1-3-4-5-6-7-8-9-10-11-12-13(16)15(2,19)14(17)18/h19H,3-12H2,1-2H3,(H,17,18). The smallest absolute Gasteiger partial charge is 0.343 e. The Morgan fingerprint density at radius 2 is 1.32 bits per heavy atom. The maximum absolute atomic E-state index is 11.5. The molecule has 1 unspecified atom stereocenters. The Bertz CT molecular complexity index is 271. The van der Waals surface area contributed by atoms with Crippen LogP contribution in [0.4, 0.5) is 0 Å². The highest BCUT2D eigenvalue weighted by molar-refractivity contribution is 6.05. The number of carbonyl (C=O) groups excluding carboxylic acids is 1. The summed E-state index contributed by atoms with van der Waals surface area (Å²) >= 11 is 0. The van der Waals surface area contributed by atoms with Crippen molar-refractivity contribution in [3.8, 4) is 0 Å². The number of ketones is 1. The molecule has 0 aliphatic carbocycles. The quantitative estimate of drug-likeness (QED) is 0.422. The van der Waals surface area contributed by atoms with Crippen molar-refractivity contribution in [3.05, 3.63) is 0 Å². The van der Waals surface area contributed by atoms with Crippen molar-refractivity contribution in [3.63, 3.8) is 0 Å². The summed E-state index contributed by atoms with van der Waals surface area (Å²) in [6, 6.07) is 0. The van der Waals surface area contributed by atoms with Gasteiger partial charge in [0.25, 0.3) is 0 Å². The molecule has 0 aromatic rings. The second-order valence-corrected chi connectivity index (χ2v) is 5.38. The van der Waals surface area contributed by atoms with Crippen LogP contribution in [0.2, 0.25) is 0 Å². The summed E-state index contributed by atoms with van der Waals surface area (Å²) in [4.78, 5) is 22.1. The van der Waals surface area contributed by atoms with Crippen LogP contribution in [0.1, 0.15) is 78.1 Å². The van der Waals surface area contributed by atoms with Gasteiger partial charge in [-0.3, -0.25) is 4.79 Å². The lowest BCUT2D eigenvalue weighted by Crippen LogP contribution is -2.43. The third-order valence-electron chi connectivity index (χ3n) is 3.47. The summed E-state index contributed by atoms with van der Waals surface area (Å²) in [7, 11) is 0. The van der Waals surface area contributed by atoms with Gasteiger partial charge in [0.05, 0.1) is 0 Å². The van der Waals surface area contributed by atoms with Gasteiger partial charge in [0.1, 0.15) is 0 Å². The molecule has 0 aromatic carbocycles. The lowest BCUT2D eigenvalue weighted by Gasteiger charge is -2.15. The minimum atomic E-state index is -2.22. The first-order chi connectivity index (χ1) is 8.92. The van der Waals surface area contributed by atoms with Gasteiger partial charge in [0.2, 0.25) is 5.60 Å². The number of aliphatic carboxylic acids is 1. The Hall–Kier alpha value is -0.900. The summed E-state index contributed by atoms with van der Waals surface area (Å²) in [6.45, 7) is 3.24. The number of carboxylic acid groups (broad SMARTS) is 1. The number of Topliss-reactive ketones (excluding diaryl/α,β-unsaturated/α-hetero) is 1. The van der Waals surface area contributed by atoms with Gasteiger partial charge < -0.3 is 10.2 Å². The van der Waals surface area contributed by atoms with Gasteiger partial charge in [-0.15, -0.1) is 0 Å². The van der Waals surface area contributed by atoms with E-state index in [0.717, 1.165) is 19.8 Å². The van der Waals surface area contributed by atoms with Crippen molar-refractivity contribution in [2.75, 3.05) is 0 Å². The molecule has 0 saturated heterocycles. The predicted molar refractivity (Wildman–Crippen MR) is 75.1 cm³/mol. The molecule has 0 amide bonds. The molecule has 4 nitrogen and oxygen atoms in total. The number of carboxylic acids is 1. The topological polar surface area (TPSA) is 74.6 Å². The van der Waals surface area contributed by atoms with Gasteiger partial charge in [-0.25, -0.2) is 4.79 Å². The van der Waals surface area contributed by atoms with Crippen molar-refractivity contribution < 1.29 is 19.8 Å². The zero-order valence-corrected chi connectivity index (χ0v) is 12.3. The summed E-state index contributed by atoms with van der Waals surface area (Å²) in [6.07, 6.45) is 10.4. The van der Waals surface area contributed by atoms with E-state index in [0.29, 0.717) is 6.42 Å². The number of rotatable bonds is 12. The van der Waals surface area contributed by atoms with Crippen LogP contribution < -0.4 is 0 Å². The largest absolute Gasteiger partial charge is 0.479 e. The number of hydrogen-bond donors (Lipinski definition) is 2. The van der Waals surface area contributed by atoms with Crippen LogP contribution in [-0.2, 0) is 9.59 Å². The highest BCUT2D eigenvalue weighted by Gasteiger charge is 2.37. The Kier molecular flexibility index (Phi) is 9.48. The summed E-state index contributed by atoms with van der Waals surface area (Å²) in [5.41, 5.74) is -2.22. The van der Waals surface area contributed by atoms with E-state index < -0.39 is 17.4 Å². The molecule has 19 heavy (non-hydrogen) atoms. The van der Waals surface area contributed by atoms with Gasteiger partial charge in [-0.2, -0.15) is 0 Å². The molecule has 0 heterocycles. The monoisotopic (exact) mass is 272 g/mol. The third kappa shape index (κ3) is 7.98. The molecule has 0 bridgehead atoms. The molecule has 0 radical (unpaired) electrons. The van der Waals surface area contributed by atoms with E-state index >= 15 is 0 Å². The number of carbonyl (C=O) groups is 2. The molecule has 1 atom stereocenters. The molecule has 0 fully saturated rings. The van der Waals surface area contributed by atoms with E-state index in [9.17, 15) is 14.7 Å². The fourth-order valence-electron chi connectivity index (χ4n) is 1.96. The minimum Gasteiger partial charge on any atom is -0.479 e. The normalized spacial score (nSPS) is 14.1. The van der Waals surface area contributed by atoms with Crippen molar-refractivity contribution in [2.45, 2.75) is 83.7 Å². The SMILES string of the molecule is CCCCCCCCCCCC(=O)C(C)(O)C(=O)O. The lowest BCUT2D eigenvalue weighted by molar-refractivity contribution is -0.163. The fraction of sp³-hybridized carbons (Fsp3) is 0.867. The van der Waals surface area contributed by atoms with Crippen molar-refractivity contribution >= 4 is 11.8 Å². The Morgan fingerprint density at radius 1 is 0.895 bits per heavy atom. The van der Waals surface area contributed by atoms with Crippen LogP contribution in [0.3, 0.4) is 0 Å². The maximum Gasteiger partial charge on any atom is 0.343 e. The number of aliphatic hydroxyl groups is 1. The van der Waals surface area contributed by atoms with Crippen molar-refractivity contribution in [1.29, 1.82) is 0 Å². The van der Waals surface area contributed by atoms with Gasteiger partial charge >= 0.3 is 5.97 Å². The van der Waals surface area contributed by atoms with Gasteiger partial charge in [-0.1, -0.05) is 58.3 Å². The molecule has 0 aliphatic rings. The molecule has 0 aromatic heterocycles. The molecule has 0 aliphatic heterocycles. The molecule has 112 valence electrons. The van der Waals surface area contributed by atoms with Crippen LogP contribution in [0, 0.1) is 0 Å². The average molecular weight is 272 g/mol. The first-order valence-corrected chi connectivity index (χ1v) is 7.42. The van der Waals surface area contributed by atoms with Crippen LogP contribution >= 0.6 is 0 Å². The Balaban J connectivity index is 3.50. The fourth-order valence-corrected chi connectivity index (χ4v) is 1.96. The summed E-state index contributed by atoms with van der Waals surface area (Å²) in [5.74, 6) is -2.06. The second kappa shape index (κ2) is 9.96. The van der Waals surface area contributed by atoms with Crippen LogP contribution in [0.15, 0.2) is 0 Å². The second-order valence-electron chi connectivity index (χ2n) is 5.38. The highest BCUT2D eigenvalue weighted by atomic mass is 16.4. The maximum atomic E-state index is 11.5. The number of hydrogen-bond acceptors (Lipinski definition) is 3. The molecule has 0 saturated carbocycles. The lowest BCUT2D eigenvalue weighted by atomic mass is 9.96. The van der Waals surface area contributed by atoms with Gasteiger partial charge in [0, 0.05) is 6.42 Å². The van der Waals surface area contributed by atoms with E-state index in [-0.39, 0.29) is 6.42 Å². The average Bonchev–Trinajstić information content (AvgIpc) is 2.36. The van der Waals surface area contributed by atoms with Gasteiger partial charge in [-0.05, 0) is 13.3 Å². The van der Waals surface area contributed by atoms with Gasteiger partial charge in [0.15, 0.2) is 5.78 Å². The predicted octanol–water partition coefficient (Wildman–Crippen LogP) is 3.31. The molecule has 4 heteroatoms. The van der Waals surface area contributed by atoms with Crippen LogP contribution in [0.25, 0.3) is 0 Å². The number of unbranched alkanes of at least 4 members (excludes halogenated alkanes) is 8. The summed E-state index contributed by atoms with van der Waals surface area (Å²) < 4.78 is 0. The Morgan fingerprint density at radius 3 is 1.74 bits per heavy atom. The first kappa shape index (κ1) is 18.1. The molecular weight excluding hydrogens is 244 g/mol. The zero-order valence-electron chi connectivity index (χ0n) is 12.3. The molecule has 0 spiro atoms. The highest BCUT2D eigenvalue weighted by Crippen LogP contribution is 2.14. The first-order valence-electron chi connectivity index (χ1n) is 7.42. The van der Waals surface area contributed by atoms with E-state index in [2.05, 4.69) is 6.92 Å². The van der Waals surface area contributed by atoms with E-state index in [1.165, 1.54) is 38.5 Å². The van der Waals surface area contributed by atoms with E-state index in [4.69, 9.17) is 5.11 Å². The van der Waals surface area contributed by atoms with Crippen molar-refractivity contribution in [1.82, 2.24) is 0 Å². The van der Waals surface area contributed by atoms with E-state index in [1.807, 2.05) is 0 Å². The van der Waals surface area contributed by atoms with E-state index in [1.54, 1.807) is 0 Å². The zero-order chi connectivity index (χ0) is 14.7. The molecular formula is C15H28O4. The molecule has 0 rings (SSSR count). The van der Waals surface area contributed by atoms with Crippen LogP contribution in [0.5, 0.6) is 0 Å².